The highest BCUT2D eigenvalue weighted by molar-refractivity contribution is 5.88. The van der Waals surface area contributed by atoms with E-state index < -0.39 is 11.4 Å². The lowest BCUT2D eigenvalue weighted by Crippen LogP contribution is -2.22. The molecule has 0 saturated carbocycles. The minimum absolute atomic E-state index is 0.237. The normalized spacial score (nSPS) is 12.0. The van der Waals surface area contributed by atoms with Gasteiger partial charge in [0.05, 0.1) is 17.9 Å². The number of oxazole rings is 1. The van der Waals surface area contributed by atoms with Crippen LogP contribution in [0, 0.1) is 5.92 Å². The van der Waals surface area contributed by atoms with Crippen molar-refractivity contribution in [3.63, 3.8) is 0 Å². The van der Waals surface area contributed by atoms with Crippen LogP contribution in [-0.4, -0.2) is 41.0 Å². The lowest BCUT2D eigenvalue weighted by Gasteiger charge is -2.24. The standard InChI is InChI=1S/C25H22N2O6.C4H10/c1-31-9-4-10-32-23-11-15-7-8-27-14-18(25(29)30)21(28)13-20(27)16(15)12-17(23)24-26-19-5-2-3-6-22(19)33-24;1-4(2)3/h2-3,5-6,11-14H,4,7-10H2,1H3,(H,29,30);4H,1-3H3. The monoisotopic (exact) mass is 504 g/mol. The van der Waals surface area contributed by atoms with Gasteiger partial charge in [-0.2, -0.15) is 0 Å². The van der Waals surface area contributed by atoms with Crippen LogP contribution >= 0.6 is 0 Å². The molecule has 4 aromatic rings. The van der Waals surface area contributed by atoms with E-state index in [1.807, 2.05) is 41.0 Å². The van der Waals surface area contributed by atoms with Crippen LogP contribution in [-0.2, 0) is 17.7 Å². The number of aryl methyl sites for hydroxylation is 2. The van der Waals surface area contributed by atoms with Crippen molar-refractivity contribution >= 4 is 17.1 Å². The molecule has 0 fully saturated rings. The fourth-order valence-electron chi connectivity index (χ4n) is 4.12. The lowest BCUT2D eigenvalue weighted by molar-refractivity contribution is 0.0694. The van der Waals surface area contributed by atoms with Gasteiger partial charge in [-0.15, -0.1) is 0 Å². The van der Waals surface area contributed by atoms with Crippen molar-refractivity contribution in [2.24, 2.45) is 5.92 Å². The summed E-state index contributed by atoms with van der Waals surface area (Å²) in [5.41, 5.74) is 3.82. The second kappa shape index (κ2) is 11.4. The summed E-state index contributed by atoms with van der Waals surface area (Å²) >= 11 is 0. The number of carboxylic acids is 1. The number of fused-ring (bicyclic) bond motifs is 4. The Morgan fingerprint density at radius 2 is 1.89 bits per heavy atom. The average Bonchev–Trinajstić information content (AvgIpc) is 3.29. The van der Waals surface area contributed by atoms with Gasteiger partial charge in [-0.25, -0.2) is 9.78 Å². The predicted octanol–water partition coefficient (Wildman–Crippen LogP) is 5.66. The van der Waals surface area contributed by atoms with Crippen LogP contribution in [0.25, 0.3) is 33.8 Å². The molecule has 0 radical (unpaired) electrons. The summed E-state index contributed by atoms with van der Waals surface area (Å²) < 4.78 is 19.0. The third-order valence-corrected chi connectivity index (χ3v) is 5.74. The maximum absolute atomic E-state index is 12.4. The Balaban J connectivity index is 0.000000747. The molecule has 0 unspecified atom stereocenters. The van der Waals surface area contributed by atoms with E-state index in [9.17, 15) is 14.7 Å². The lowest BCUT2D eigenvalue weighted by atomic mass is 9.94. The second-order valence-electron chi connectivity index (χ2n) is 9.60. The first-order valence-corrected chi connectivity index (χ1v) is 12.4. The van der Waals surface area contributed by atoms with Gasteiger partial charge in [0.25, 0.3) is 0 Å². The summed E-state index contributed by atoms with van der Waals surface area (Å²) in [5.74, 6) is 0.671. The molecule has 8 nitrogen and oxygen atoms in total. The van der Waals surface area contributed by atoms with Gasteiger partial charge in [0, 0.05) is 44.5 Å². The number of carboxylic acid groups (broad SMARTS) is 1. The molecular weight excluding hydrogens is 472 g/mol. The number of benzene rings is 2. The van der Waals surface area contributed by atoms with E-state index in [2.05, 4.69) is 25.8 Å². The van der Waals surface area contributed by atoms with E-state index in [0.717, 1.165) is 29.0 Å². The molecule has 194 valence electrons. The summed E-state index contributed by atoms with van der Waals surface area (Å²) in [4.78, 5) is 28.5. The number of aromatic nitrogens is 2. The molecule has 0 bridgehead atoms. The van der Waals surface area contributed by atoms with Crippen LogP contribution in [0.3, 0.4) is 0 Å². The van der Waals surface area contributed by atoms with Crippen molar-refractivity contribution in [1.29, 1.82) is 0 Å². The van der Waals surface area contributed by atoms with Crippen molar-refractivity contribution in [3.8, 4) is 28.5 Å². The molecule has 1 aliphatic heterocycles. The summed E-state index contributed by atoms with van der Waals surface area (Å²) in [6.07, 6.45) is 2.82. The number of pyridine rings is 1. The Bertz CT molecular complexity index is 1430. The van der Waals surface area contributed by atoms with E-state index in [1.165, 1.54) is 12.3 Å². The van der Waals surface area contributed by atoms with E-state index in [4.69, 9.17) is 13.9 Å². The highest BCUT2D eigenvalue weighted by Crippen LogP contribution is 2.39. The molecule has 0 saturated heterocycles. The van der Waals surface area contributed by atoms with Gasteiger partial charge in [0.2, 0.25) is 5.89 Å². The molecule has 5 rings (SSSR count). The Kier molecular flexibility index (Phi) is 8.08. The van der Waals surface area contributed by atoms with Gasteiger partial charge >= 0.3 is 5.97 Å². The fourth-order valence-corrected chi connectivity index (χ4v) is 4.12. The molecule has 1 aliphatic rings. The number of hydrogen-bond donors (Lipinski definition) is 1. The fraction of sp³-hybridized carbons (Fsp3) is 0.345. The zero-order valence-electron chi connectivity index (χ0n) is 21.6. The maximum Gasteiger partial charge on any atom is 0.341 e. The first-order chi connectivity index (χ1) is 17.8. The molecule has 8 heteroatoms. The Morgan fingerprint density at radius 1 is 1.14 bits per heavy atom. The van der Waals surface area contributed by atoms with Crippen LogP contribution in [0.1, 0.15) is 43.1 Å². The van der Waals surface area contributed by atoms with Crippen molar-refractivity contribution in [3.05, 3.63) is 70.0 Å². The zero-order chi connectivity index (χ0) is 26.5. The second-order valence-corrected chi connectivity index (χ2v) is 9.60. The van der Waals surface area contributed by atoms with E-state index in [0.29, 0.717) is 54.7 Å². The Morgan fingerprint density at radius 3 is 2.59 bits per heavy atom. The first-order valence-electron chi connectivity index (χ1n) is 12.4. The summed E-state index contributed by atoms with van der Waals surface area (Å²) in [5, 5.41) is 9.32. The van der Waals surface area contributed by atoms with Crippen LogP contribution in [0.2, 0.25) is 0 Å². The number of nitrogens with zero attached hydrogens (tertiary/aromatic N) is 2. The minimum Gasteiger partial charge on any atom is -0.493 e. The topological polar surface area (TPSA) is 104 Å². The van der Waals surface area contributed by atoms with Gasteiger partial charge in [0.15, 0.2) is 11.0 Å². The smallest absolute Gasteiger partial charge is 0.341 e. The molecular formula is C29H32N2O6. The average molecular weight is 505 g/mol. The number of ether oxygens (including phenoxy) is 2. The number of methoxy groups -OCH3 is 1. The Labute approximate surface area is 215 Å². The third kappa shape index (κ3) is 5.91. The zero-order valence-corrected chi connectivity index (χ0v) is 21.6. The van der Waals surface area contributed by atoms with Gasteiger partial charge < -0.3 is 23.6 Å². The summed E-state index contributed by atoms with van der Waals surface area (Å²) in [6, 6.07) is 12.8. The maximum atomic E-state index is 12.4. The van der Waals surface area contributed by atoms with Gasteiger partial charge in [0.1, 0.15) is 16.8 Å². The van der Waals surface area contributed by atoms with E-state index in [1.54, 1.807) is 7.11 Å². The van der Waals surface area contributed by atoms with Gasteiger partial charge in [-0.1, -0.05) is 32.9 Å². The van der Waals surface area contributed by atoms with Crippen molar-refractivity contribution in [2.75, 3.05) is 20.3 Å². The molecule has 0 atom stereocenters. The van der Waals surface area contributed by atoms with Crippen molar-refractivity contribution in [2.45, 2.75) is 40.2 Å². The van der Waals surface area contributed by atoms with E-state index >= 15 is 0 Å². The molecule has 2 aromatic heterocycles. The number of hydrogen-bond acceptors (Lipinski definition) is 6. The minimum atomic E-state index is -1.23. The molecule has 0 spiro atoms. The SMILES string of the molecule is CC(C)C.COCCCOc1cc2c(cc1-c1nc3ccccc3o1)-c1cc(=O)c(C(=O)O)cn1CC2. The number of rotatable bonds is 7. The summed E-state index contributed by atoms with van der Waals surface area (Å²) in [6.45, 7) is 8.12. The van der Waals surface area contributed by atoms with Crippen molar-refractivity contribution in [1.82, 2.24) is 9.55 Å². The predicted molar refractivity (Wildman–Crippen MR) is 142 cm³/mol. The quantitative estimate of drug-likeness (QED) is 0.324. The number of para-hydroxylation sites is 2. The van der Waals surface area contributed by atoms with Crippen LogP contribution in [0.4, 0.5) is 0 Å². The number of carbonyl (C=O) groups is 1. The molecule has 1 N–H and O–H groups in total. The first kappa shape index (κ1) is 26.2. The highest BCUT2D eigenvalue weighted by Gasteiger charge is 2.24. The number of aromatic carboxylic acids is 1. The highest BCUT2D eigenvalue weighted by atomic mass is 16.5. The molecule has 3 heterocycles. The Hall–Kier alpha value is -3.91. The van der Waals surface area contributed by atoms with Crippen LogP contribution < -0.4 is 10.2 Å². The van der Waals surface area contributed by atoms with Crippen LogP contribution in [0.15, 0.2) is 57.9 Å². The molecule has 37 heavy (non-hydrogen) atoms. The van der Waals surface area contributed by atoms with Gasteiger partial charge in [-0.3, -0.25) is 4.79 Å². The van der Waals surface area contributed by atoms with Crippen LogP contribution in [0.5, 0.6) is 5.75 Å². The molecule has 2 aromatic carbocycles. The van der Waals surface area contributed by atoms with E-state index in [-0.39, 0.29) is 5.56 Å². The van der Waals surface area contributed by atoms with Crippen molar-refractivity contribution < 1.29 is 23.8 Å². The largest absolute Gasteiger partial charge is 0.493 e. The molecule has 0 aliphatic carbocycles. The van der Waals surface area contributed by atoms with Gasteiger partial charge in [-0.05, 0) is 42.2 Å². The third-order valence-electron chi connectivity index (χ3n) is 5.74. The summed E-state index contributed by atoms with van der Waals surface area (Å²) in [7, 11) is 1.65. The molecule has 0 amide bonds.